The van der Waals surface area contributed by atoms with E-state index < -0.39 is 52.6 Å². The normalized spacial score (nSPS) is 13.1. The summed E-state index contributed by atoms with van der Waals surface area (Å²) in [6.45, 7) is 3.69. The molecule has 0 fully saturated rings. The van der Waals surface area contributed by atoms with E-state index in [2.05, 4.69) is 5.32 Å². The Bertz CT molecular complexity index is 1580. The predicted octanol–water partition coefficient (Wildman–Crippen LogP) is 4.73. The monoisotopic (exact) mass is 632 g/mol. The average Bonchev–Trinajstić information content (AvgIpc) is 2.85. The first kappa shape index (κ1) is 31.8. The number of rotatable bonds is 9. The van der Waals surface area contributed by atoms with E-state index in [-0.39, 0.29) is 15.7 Å². The van der Waals surface area contributed by atoms with Gasteiger partial charge in [-0.3, -0.25) is 14.2 Å². The summed E-state index contributed by atoms with van der Waals surface area (Å²) in [5, 5.41) is 3.24. The van der Waals surface area contributed by atoms with Crippen LogP contribution in [-0.4, -0.2) is 49.9 Å². The van der Waals surface area contributed by atoms with Gasteiger partial charge < -0.3 is 24.6 Å². The number of sulfonamides is 1. The lowest BCUT2D eigenvalue weighted by Gasteiger charge is -2.33. The molecular formula is C25H27Cl2N2O9PS. The largest absolute Gasteiger partial charge is 0.438 e. The number of anilines is 1. The molecule has 1 unspecified atom stereocenters. The van der Waals surface area contributed by atoms with Crippen molar-refractivity contribution in [2.75, 3.05) is 18.1 Å². The molecule has 0 heterocycles. The van der Waals surface area contributed by atoms with E-state index in [1.54, 1.807) is 39.0 Å². The molecule has 11 nitrogen and oxygen atoms in total. The Morgan fingerprint density at radius 1 is 1.05 bits per heavy atom. The van der Waals surface area contributed by atoms with Crippen LogP contribution >= 0.6 is 30.8 Å². The third-order valence-electron chi connectivity index (χ3n) is 5.49. The maximum absolute atomic E-state index is 14.0. The summed E-state index contributed by atoms with van der Waals surface area (Å²) in [6.07, 6.45) is 0. The Balaban J connectivity index is 2.22. The van der Waals surface area contributed by atoms with Gasteiger partial charge in [-0.25, -0.2) is 12.7 Å². The van der Waals surface area contributed by atoms with Crippen LogP contribution in [0.15, 0.2) is 59.5 Å². The van der Waals surface area contributed by atoms with E-state index in [9.17, 15) is 32.4 Å². The number of amides is 1. The molecule has 0 saturated carbocycles. The Labute approximate surface area is 241 Å². The molecule has 216 valence electrons. The second-order valence-corrected chi connectivity index (χ2v) is 13.9. The smallest absolute Gasteiger partial charge is 0.375 e. The molecule has 3 rings (SSSR count). The van der Waals surface area contributed by atoms with Crippen molar-refractivity contribution < 1.29 is 41.8 Å². The quantitative estimate of drug-likeness (QED) is 0.172. The Kier molecular flexibility index (Phi) is 9.58. The number of fused-ring (bicyclic) bond motifs is 1. The van der Waals surface area contributed by atoms with E-state index in [1.165, 1.54) is 31.3 Å². The van der Waals surface area contributed by atoms with Crippen molar-refractivity contribution in [1.29, 1.82) is 0 Å². The molecule has 3 aromatic carbocycles. The summed E-state index contributed by atoms with van der Waals surface area (Å²) in [4.78, 5) is 44.5. The molecule has 0 saturated heterocycles. The van der Waals surface area contributed by atoms with Gasteiger partial charge in [0.15, 0.2) is 6.79 Å². The topological polar surface area (TPSA) is 160 Å². The van der Waals surface area contributed by atoms with Crippen molar-refractivity contribution in [3.63, 3.8) is 0 Å². The Morgan fingerprint density at radius 3 is 2.23 bits per heavy atom. The van der Waals surface area contributed by atoms with Crippen LogP contribution in [0.2, 0.25) is 10.0 Å². The zero-order valence-corrected chi connectivity index (χ0v) is 25.0. The molecule has 0 aromatic heterocycles. The first-order valence-corrected chi connectivity index (χ1v) is 15.4. The van der Waals surface area contributed by atoms with Crippen molar-refractivity contribution >= 4 is 69.2 Å². The fourth-order valence-electron chi connectivity index (χ4n) is 3.58. The highest BCUT2D eigenvalue weighted by Gasteiger charge is 2.44. The Morgan fingerprint density at radius 2 is 1.68 bits per heavy atom. The molecule has 3 N–H and O–H groups in total. The minimum Gasteiger partial charge on any atom is -0.438 e. The lowest BCUT2D eigenvalue weighted by Crippen LogP contribution is -2.43. The van der Waals surface area contributed by atoms with E-state index >= 15 is 0 Å². The zero-order valence-electron chi connectivity index (χ0n) is 21.8. The number of nitrogens with zero attached hydrogens (tertiary/aromatic N) is 1. The van der Waals surface area contributed by atoms with Gasteiger partial charge in [0.2, 0.25) is 5.97 Å². The third kappa shape index (κ3) is 7.13. The van der Waals surface area contributed by atoms with Gasteiger partial charge in [0.1, 0.15) is 0 Å². The summed E-state index contributed by atoms with van der Waals surface area (Å²) >= 11 is 12.1. The number of halogens is 2. The SMILES string of the molecule is CNC(=O)c1cccc2cc(N(C(OCOC(=O)C(C)(C)C)P(=O)(O)O)S(=O)(=O)c3cc(Cl)cc(Cl)c3)ccc12. The second kappa shape index (κ2) is 12.0. The average molecular weight is 633 g/mol. The van der Waals surface area contributed by atoms with Gasteiger partial charge >= 0.3 is 13.6 Å². The first-order chi connectivity index (χ1) is 18.5. The maximum Gasteiger partial charge on any atom is 0.375 e. The van der Waals surface area contributed by atoms with Crippen LogP contribution in [0, 0.1) is 5.41 Å². The lowest BCUT2D eigenvalue weighted by atomic mass is 9.98. The van der Waals surface area contributed by atoms with Crippen molar-refractivity contribution in [3.8, 4) is 0 Å². The van der Waals surface area contributed by atoms with Crippen molar-refractivity contribution in [2.45, 2.75) is 31.6 Å². The molecular weight excluding hydrogens is 606 g/mol. The molecule has 0 aliphatic heterocycles. The van der Waals surface area contributed by atoms with Gasteiger partial charge in [-0.15, -0.1) is 0 Å². The van der Waals surface area contributed by atoms with Gasteiger partial charge in [0.05, 0.1) is 16.0 Å². The zero-order chi connectivity index (χ0) is 30.0. The van der Waals surface area contributed by atoms with Gasteiger partial charge in [-0.1, -0.05) is 41.4 Å². The highest BCUT2D eigenvalue weighted by Crippen LogP contribution is 2.48. The van der Waals surface area contributed by atoms with E-state index in [4.69, 9.17) is 32.7 Å². The number of nitrogens with one attached hydrogen (secondary N) is 1. The Hall–Kier alpha value is -2.70. The van der Waals surface area contributed by atoms with E-state index in [1.807, 2.05) is 0 Å². The van der Waals surface area contributed by atoms with Gasteiger partial charge in [-0.05, 0) is 67.9 Å². The number of carbonyl (C=O) groups excluding carboxylic acids is 2. The minimum absolute atomic E-state index is 0.0486. The van der Waals surface area contributed by atoms with Crippen LogP contribution in [-0.2, 0) is 28.9 Å². The van der Waals surface area contributed by atoms with E-state index in [0.29, 0.717) is 20.6 Å². The summed E-state index contributed by atoms with van der Waals surface area (Å²) in [7, 11) is -8.81. The number of hydrogen-bond donors (Lipinski definition) is 3. The molecule has 0 spiro atoms. The molecule has 0 radical (unpaired) electrons. The van der Waals surface area contributed by atoms with Crippen LogP contribution in [0.5, 0.6) is 0 Å². The molecule has 40 heavy (non-hydrogen) atoms. The number of benzene rings is 3. The summed E-state index contributed by atoms with van der Waals surface area (Å²) < 4.78 is 51.2. The molecule has 1 amide bonds. The van der Waals surface area contributed by atoms with Crippen molar-refractivity contribution in [3.05, 3.63) is 70.2 Å². The number of carbonyl (C=O) groups is 2. The highest BCUT2D eigenvalue weighted by molar-refractivity contribution is 7.93. The van der Waals surface area contributed by atoms with Crippen molar-refractivity contribution in [1.82, 2.24) is 5.32 Å². The molecule has 1 atom stereocenters. The molecule has 0 aliphatic carbocycles. The van der Waals surface area contributed by atoms with Crippen LogP contribution in [0.4, 0.5) is 5.69 Å². The van der Waals surface area contributed by atoms with Crippen LogP contribution in [0.3, 0.4) is 0 Å². The van der Waals surface area contributed by atoms with Crippen molar-refractivity contribution in [2.24, 2.45) is 5.41 Å². The van der Waals surface area contributed by atoms with E-state index in [0.717, 1.165) is 12.1 Å². The number of ether oxygens (including phenoxy) is 2. The standard InChI is InChI=1S/C25H27Cl2N2O9PS/c1-25(2,3)23(31)37-14-38-24(39(32,33)34)29(40(35,36)19-12-16(26)11-17(27)13-19)18-8-9-20-15(10-18)6-5-7-21(20)22(30)28-4/h5-13,24H,14H2,1-4H3,(H,28,30)(H2,32,33,34). The minimum atomic E-state index is -5.43. The van der Waals surface area contributed by atoms with Crippen LogP contribution in [0.25, 0.3) is 10.8 Å². The lowest BCUT2D eigenvalue weighted by molar-refractivity contribution is -0.167. The van der Waals surface area contributed by atoms with Gasteiger partial charge in [0, 0.05) is 22.7 Å². The summed E-state index contributed by atoms with van der Waals surface area (Å²) in [6, 6.07) is 12.1. The summed E-state index contributed by atoms with van der Waals surface area (Å²) in [5.74, 6) is -3.61. The highest BCUT2D eigenvalue weighted by atomic mass is 35.5. The first-order valence-electron chi connectivity index (χ1n) is 11.6. The predicted molar refractivity (Wildman–Crippen MR) is 151 cm³/mol. The fraction of sp³-hybridized carbons (Fsp3) is 0.280. The number of hydrogen-bond acceptors (Lipinski definition) is 7. The molecule has 15 heteroatoms. The van der Waals surface area contributed by atoms with Crippen LogP contribution < -0.4 is 9.62 Å². The number of esters is 1. The third-order valence-corrected chi connectivity index (χ3v) is 8.79. The van der Waals surface area contributed by atoms with Crippen LogP contribution in [0.1, 0.15) is 31.1 Å². The van der Waals surface area contributed by atoms with Gasteiger partial charge in [-0.2, -0.15) is 0 Å². The van der Waals surface area contributed by atoms with Gasteiger partial charge in [0.25, 0.3) is 15.9 Å². The molecule has 0 bridgehead atoms. The second-order valence-electron chi connectivity index (χ2n) is 9.58. The fourth-order valence-corrected chi connectivity index (χ4v) is 7.11. The molecule has 0 aliphatic rings. The summed E-state index contributed by atoms with van der Waals surface area (Å²) in [5.41, 5.74) is -0.905. The maximum atomic E-state index is 14.0. The molecule has 3 aromatic rings.